The van der Waals surface area contributed by atoms with Crippen LogP contribution >= 0.6 is 0 Å². The molecule has 1 rings (SSSR count). The zero-order valence-corrected chi connectivity index (χ0v) is 8.28. The van der Waals surface area contributed by atoms with Gasteiger partial charge in [-0.3, -0.25) is 0 Å². The lowest BCUT2D eigenvalue weighted by Gasteiger charge is -2.06. The van der Waals surface area contributed by atoms with Crippen molar-refractivity contribution in [2.75, 3.05) is 0 Å². The number of ether oxygens (including phenoxy) is 1. The maximum absolute atomic E-state index is 11.4. The van der Waals surface area contributed by atoms with Crippen LogP contribution in [0.1, 0.15) is 22.8 Å². The Morgan fingerprint density at radius 1 is 1.43 bits per heavy atom. The first-order valence-electron chi connectivity index (χ1n) is 4.37. The summed E-state index contributed by atoms with van der Waals surface area (Å²) in [6, 6.07) is 7.16. The van der Waals surface area contributed by atoms with E-state index in [0.717, 1.165) is 5.56 Å². The molecule has 0 saturated heterocycles. The first-order chi connectivity index (χ1) is 6.63. The van der Waals surface area contributed by atoms with Gasteiger partial charge in [0.2, 0.25) is 0 Å². The number of carbonyl (C=O) groups excluding carboxylic acids is 1. The standard InChI is InChI=1S/C12H12O2/c1-4-10(3)14-12(13)11-7-5-9(2)6-8-11/h1,5-8,10H,2-3H3/t10-/m0/s1. The Kier molecular flexibility index (Phi) is 3.30. The summed E-state index contributed by atoms with van der Waals surface area (Å²) in [7, 11) is 0. The lowest BCUT2D eigenvalue weighted by molar-refractivity contribution is 0.0439. The van der Waals surface area contributed by atoms with Gasteiger partial charge in [-0.25, -0.2) is 4.79 Å². The van der Waals surface area contributed by atoms with Crippen molar-refractivity contribution in [3.63, 3.8) is 0 Å². The summed E-state index contributed by atoms with van der Waals surface area (Å²) in [6.45, 7) is 3.62. The zero-order valence-electron chi connectivity index (χ0n) is 8.28. The molecule has 0 heterocycles. The minimum absolute atomic E-state index is 0.379. The molecule has 0 fully saturated rings. The van der Waals surface area contributed by atoms with E-state index in [4.69, 9.17) is 11.2 Å². The Hall–Kier alpha value is -1.75. The first kappa shape index (κ1) is 10.3. The average Bonchev–Trinajstić information content (AvgIpc) is 2.18. The molecule has 0 radical (unpaired) electrons. The Morgan fingerprint density at radius 2 is 2.00 bits per heavy atom. The van der Waals surface area contributed by atoms with Gasteiger partial charge in [-0.05, 0) is 26.0 Å². The molecule has 0 spiro atoms. The monoisotopic (exact) mass is 188 g/mol. The fourth-order valence-corrected chi connectivity index (χ4v) is 0.952. The number of hydrogen-bond acceptors (Lipinski definition) is 2. The number of aryl methyl sites for hydroxylation is 1. The van der Waals surface area contributed by atoms with Crippen LogP contribution in [-0.4, -0.2) is 12.1 Å². The molecule has 72 valence electrons. The molecular weight excluding hydrogens is 176 g/mol. The summed E-state index contributed by atoms with van der Waals surface area (Å²) in [6.07, 6.45) is 4.61. The normalized spacial score (nSPS) is 11.5. The summed E-state index contributed by atoms with van der Waals surface area (Å²) in [5, 5.41) is 0. The minimum Gasteiger partial charge on any atom is -0.446 e. The SMILES string of the molecule is C#C[C@H](C)OC(=O)c1ccc(C)cc1. The largest absolute Gasteiger partial charge is 0.446 e. The highest BCUT2D eigenvalue weighted by Crippen LogP contribution is 2.06. The van der Waals surface area contributed by atoms with Crippen molar-refractivity contribution in [3.8, 4) is 12.3 Å². The zero-order chi connectivity index (χ0) is 10.6. The molecule has 14 heavy (non-hydrogen) atoms. The highest BCUT2D eigenvalue weighted by Gasteiger charge is 2.08. The second-order valence-corrected chi connectivity index (χ2v) is 3.08. The van der Waals surface area contributed by atoms with Gasteiger partial charge >= 0.3 is 5.97 Å². The van der Waals surface area contributed by atoms with Crippen molar-refractivity contribution >= 4 is 5.97 Å². The van der Waals surface area contributed by atoms with Crippen LogP contribution in [0.4, 0.5) is 0 Å². The van der Waals surface area contributed by atoms with E-state index in [9.17, 15) is 4.79 Å². The number of benzene rings is 1. The Labute approximate surface area is 83.9 Å². The molecule has 1 atom stereocenters. The van der Waals surface area contributed by atoms with Crippen molar-refractivity contribution in [1.29, 1.82) is 0 Å². The number of rotatable bonds is 2. The molecule has 0 N–H and O–H groups in total. The Balaban J connectivity index is 2.71. The lowest BCUT2D eigenvalue weighted by Crippen LogP contribution is -2.12. The van der Waals surface area contributed by atoms with Gasteiger partial charge in [0.05, 0.1) is 5.56 Å². The minimum atomic E-state index is -0.483. The number of terminal acetylenes is 1. The van der Waals surface area contributed by atoms with Gasteiger partial charge < -0.3 is 4.74 Å². The molecule has 0 aliphatic rings. The fourth-order valence-electron chi connectivity index (χ4n) is 0.952. The quantitative estimate of drug-likeness (QED) is 0.525. The molecule has 0 aliphatic heterocycles. The predicted octanol–water partition coefficient (Wildman–Crippen LogP) is 2.17. The van der Waals surface area contributed by atoms with E-state index in [1.54, 1.807) is 19.1 Å². The topological polar surface area (TPSA) is 26.3 Å². The number of carbonyl (C=O) groups is 1. The van der Waals surface area contributed by atoms with Gasteiger partial charge in [-0.2, -0.15) is 0 Å². The molecule has 2 nitrogen and oxygen atoms in total. The van der Waals surface area contributed by atoms with Crippen LogP contribution in [0.2, 0.25) is 0 Å². The second kappa shape index (κ2) is 4.48. The van der Waals surface area contributed by atoms with Gasteiger partial charge in [-0.15, -0.1) is 6.42 Å². The van der Waals surface area contributed by atoms with Crippen LogP contribution < -0.4 is 0 Å². The van der Waals surface area contributed by atoms with E-state index in [1.807, 2.05) is 19.1 Å². The van der Waals surface area contributed by atoms with Crippen molar-refractivity contribution in [3.05, 3.63) is 35.4 Å². The fraction of sp³-hybridized carbons (Fsp3) is 0.250. The van der Waals surface area contributed by atoms with Crippen molar-refractivity contribution < 1.29 is 9.53 Å². The van der Waals surface area contributed by atoms with Crippen molar-refractivity contribution in [2.24, 2.45) is 0 Å². The molecule has 0 unspecified atom stereocenters. The van der Waals surface area contributed by atoms with Crippen LogP contribution in [0.5, 0.6) is 0 Å². The predicted molar refractivity (Wildman–Crippen MR) is 54.9 cm³/mol. The van der Waals surface area contributed by atoms with Gasteiger partial charge in [-0.1, -0.05) is 23.6 Å². The van der Waals surface area contributed by atoms with Gasteiger partial charge in [0, 0.05) is 0 Å². The lowest BCUT2D eigenvalue weighted by atomic mass is 10.1. The first-order valence-corrected chi connectivity index (χ1v) is 4.37. The third kappa shape index (κ3) is 2.63. The smallest absolute Gasteiger partial charge is 0.339 e. The van der Waals surface area contributed by atoms with Gasteiger partial charge in [0.1, 0.15) is 0 Å². The summed E-state index contributed by atoms with van der Waals surface area (Å²) in [4.78, 5) is 11.4. The second-order valence-electron chi connectivity index (χ2n) is 3.08. The number of hydrogen-bond donors (Lipinski definition) is 0. The molecular formula is C12H12O2. The summed E-state index contributed by atoms with van der Waals surface area (Å²) >= 11 is 0. The summed E-state index contributed by atoms with van der Waals surface area (Å²) in [5.41, 5.74) is 1.63. The average molecular weight is 188 g/mol. The third-order valence-corrected chi connectivity index (χ3v) is 1.81. The molecule has 1 aromatic carbocycles. The van der Waals surface area contributed by atoms with Crippen molar-refractivity contribution in [2.45, 2.75) is 20.0 Å². The summed E-state index contributed by atoms with van der Waals surface area (Å²) < 4.78 is 4.95. The third-order valence-electron chi connectivity index (χ3n) is 1.81. The number of esters is 1. The van der Waals surface area contributed by atoms with Crippen LogP contribution in [-0.2, 0) is 4.74 Å². The highest BCUT2D eigenvalue weighted by molar-refractivity contribution is 5.89. The Bertz CT molecular complexity index is 357. The van der Waals surface area contributed by atoms with Crippen molar-refractivity contribution in [1.82, 2.24) is 0 Å². The molecule has 1 aromatic rings. The van der Waals surface area contributed by atoms with E-state index in [2.05, 4.69) is 5.92 Å². The molecule has 2 heteroatoms. The van der Waals surface area contributed by atoms with E-state index in [0.29, 0.717) is 5.56 Å². The van der Waals surface area contributed by atoms with Gasteiger partial charge in [0.25, 0.3) is 0 Å². The van der Waals surface area contributed by atoms with E-state index in [-0.39, 0.29) is 5.97 Å². The molecule has 0 amide bonds. The maximum Gasteiger partial charge on any atom is 0.339 e. The molecule has 0 bridgehead atoms. The van der Waals surface area contributed by atoms with Crippen LogP contribution in [0.3, 0.4) is 0 Å². The maximum atomic E-state index is 11.4. The molecule has 0 aliphatic carbocycles. The Morgan fingerprint density at radius 3 is 2.50 bits per heavy atom. The van der Waals surface area contributed by atoms with E-state index >= 15 is 0 Å². The highest BCUT2D eigenvalue weighted by atomic mass is 16.5. The molecule has 0 saturated carbocycles. The van der Waals surface area contributed by atoms with E-state index < -0.39 is 6.10 Å². The molecule has 0 aromatic heterocycles. The summed E-state index contributed by atoms with van der Waals surface area (Å²) in [5.74, 6) is 1.95. The van der Waals surface area contributed by atoms with Gasteiger partial charge in [0.15, 0.2) is 6.10 Å². The van der Waals surface area contributed by atoms with Crippen LogP contribution in [0, 0.1) is 19.3 Å². The van der Waals surface area contributed by atoms with Crippen LogP contribution in [0.15, 0.2) is 24.3 Å². The van der Waals surface area contributed by atoms with Crippen LogP contribution in [0.25, 0.3) is 0 Å². The van der Waals surface area contributed by atoms with E-state index in [1.165, 1.54) is 0 Å².